The van der Waals surface area contributed by atoms with Crippen LogP contribution in [0.2, 0.25) is 0 Å². The van der Waals surface area contributed by atoms with Gasteiger partial charge in [-0.3, -0.25) is 0 Å². The zero-order valence-electron chi connectivity index (χ0n) is 16.7. The summed E-state index contributed by atoms with van der Waals surface area (Å²) in [7, 11) is 0. The third-order valence-electron chi connectivity index (χ3n) is 5.64. The molecule has 1 atom stereocenters. The summed E-state index contributed by atoms with van der Waals surface area (Å²) in [6.45, 7) is 4.34. The molecule has 6 N–H and O–H groups in total. The van der Waals surface area contributed by atoms with E-state index in [1.807, 2.05) is 13.0 Å². The fourth-order valence-electron chi connectivity index (χ4n) is 4.20. The monoisotopic (exact) mass is 393 g/mol. The Labute approximate surface area is 171 Å². The molecule has 0 spiro atoms. The number of benzene rings is 2. The molecule has 0 aliphatic carbocycles. The molecule has 0 amide bonds. The lowest BCUT2D eigenvalue weighted by Gasteiger charge is -2.23. The number of hydrogen-bond acceptors (Lipinski definition) is 5. The number of nitrogens with one attached hydrogen (secondary N) is 2. The summed E-state index contributed by atoms with van der Waals surface area (Å²) in [5, 5.41) is 8.47. The van der Waals surface area contributed by atoms with E-state index in [-0.39, 0.29) is 11.9 Å². The molecule has 4 rings (SSSR count). The van der Waals surface area contributed by atoms with Gasteiger partial charge in [-0.05, 0) is 61.2 Å². The van der Waals surface area contributed by atoms with Gasteiger partial charge in [0.2, 0.25) is 0 Å². The van der Waals surface area contributed by atoms with Gasteiger partial charge in [-0.2, -0.15) is 0 Å². The van der Waals surface area contributed by atoms with Crippen molar-refractivity contribution >= 4 is 17.0 Å². The Balaban J connectivity index is 1.81. The van der Waals surface area contributed by atoms with Crippen LogP contribution in [0.3, 0.4) is 0 Å². The van der Waals surface area contributed by atoms with E-state index in [4.69, 9.17) is 11.6 Å². The van der Waals surface area contributed by atoms with Crippen molar-refractivity contribution in [1.82, 2.24) is 10.3 Å². The Morgan fingerprint density at radius 2 is 2.07 bits per heavy atom. The second-order valence-corrected chi connectivity index (χ2v) is 7.68. The van der Waals surface area contributed by atoms with Crippen LogP contribution in [0, 0.1) is 5.82 Å². The fourth-order valence-corrected chi connectivity index (χ4v) is 4.20. The normalized spacial score (nSPS) is 21.1. The first-order chi connectivity index (χ1) is 14.0. The van der Waals surface area contributed by atoms with Gasteiger partial charge in [-0.15, -0.1) is 0 Å². The molecule has 2 heterocycles. The minimum atomic E-state index is -0.258. The second-order valence-electron chi connectivity index (χ2n) is 7.68. The molecule has 0 saturated carbocycles. The standard InChI is InChI=1S/C23H28FN5/c1-15(25)23-18-7-6-17(16-8-11-27-12-9-16)14-19(18)21(10-13-29(23)26)28-22-5-3-2-4-20(22)24/h2-8,14,21,27-28H,9-13,25-26H2,1H3/b23-15-. The molecule has 2 aromatic rings. The Hall–Kier alpha value is -2.83. The lowest BCUT2D eigenvalue weighted by molar-refractivity contribution is 0.401. The van der Waals surface area contributed by atoms with Crippen molar-refractivity contribution in [2.45, 2.75) is 25.8 Å². The van der Waals surface area contributed by atoms with Gasteiger partial charge >= 0.3 is 0 Å². The minimum Gasteiger partial charge on any atom is -0.401 e. The van der Waals surface area contributed by atoms with Crippen LogP contribution >= 0.6 is 0 Å². The first-order valence-corrected chi connectivity index (χ1v) is 10.1. The molecular formula is C23H28FN5. The van der Waals surface area contributed by atoms with Gasteiger partial charge in [0, 0.05) is 24.4 Å². The van der Waals surface area contributed by atoms with E-state index < -0.39 is 0 Å². The zero-order valence-corrected chi connectivity index (χ0v) is 16.7. The van der Waals surface area contributed by atoms with Gasteiger partial charge in [-0.25, -0.2) is 10.2 Å². The molecule has 0 saturated heterocycles. The van der Waals surface area contributed by atoms with Gasteiger partial charge in [0.15, 0.2) is 0 Å². The number of allylic oxidation sites excluding steroid dienone is 1. The maximum atomic E-state index is 14.3. The predicted octanol–water partition coefficient (Wildman–Crippen LogP) is 3.58. The van der Waals surface area contributed by atoms with E-state index in [0.29, 0.717) is 17.9 Å². The van der Waals surface area contributed by atoms with Gasteiger partial charge in [0.05, 0.1) is 17.4 Å². The first kappa shape index (κ1) is 19.5. The van der Waals surface area contributed by atoms with Gasteiger partial charge in [-0.1, -0.05) is 30.3 Å². The Morgan fingerprint density at radius 1 is 1.24 bits per heavy atom. The number of hydrogen-bond donors (Lipinski definition) is 4. The summed E-state index contributed by atoms with van der Waals surface area (Å²) >= 11 is 0. The van der Waals surface area contributed by atoms with E-state index in [0.717, 1.165) is 42.8 Å². The summed E-state index contributed by atoms with van der Waals surface area (Å²) < 4.78 is 14.3. The highest BCUT2D eigenvalue weighted by atomic mass is 19.1. The molecule has 6 heteroatoms. The molecule has 29 heavy (non-hydrogen) atoms. The maximum Gasteiger partial charge on any atom is 0.146 e. The number of halogens is 1. The van der Waals surface area contributed by atoms with Gasteiger partial charge < -0.3 is 21.4 Å². The predicted molar refractivity (Wildman–Crippen MR) is 117 cm³/mol. The van der Waals surface area contributed by atoms with Crippen LogP contribution in [0.1, 0.15) is 42.5 Å². The van der Waals surface area contributed by atoms with Crippen molar-refractivity contribution in [3.63, 3.8) is 0 Å². The molecule has 152 valence electrons. The summed E-state index contributed by atoms with van der Waals surface area (Å²) in [5.41, 5.74) is 12.8. The van der Waals surface area contributed by atoms with Crippen molar-refractivity contribution in [2.24, 2.45) is 11.6 Å². The molecule has 2 aliphatic rings. The highest BCUT2D eigenvalue weighted by Gasteiger charge is 2.26. The molecule has 2 aliphatic heterocycles. The molecular weight excluding hydrogens is 365 g/mol. The van der Waals surface area contributed by atoms with Crippen molar-refractivity contribution in [2.75, 3.05) is 25.0 Å². The zero-order chi connectivity index (χ0) is 20.4. The lowest BCUT2D eigenvalue weighted by Crippen LogP contribution is -2.31. The molecule has 5 nitrogen and oxygen atoms in total. The van der Waals surface area contributed by atoms with Gasteiger partial charge in [0.1, 0.15) is 5.82 Å². The number of nitrogens with zero attached hydrogens (tertiary/aromatic N) is 1. The van der Waals surface area contributed by atoms with E-state index in [2.05, 4.69) is 34.9 Å². The van der Waals surface area contributed by atoms with E-state index in [1.54, 1.807) is 17.1 Å². The molecule has 0 aromatic heterocycles. The number of nitrogens with two attached hydrogens (primary N) is 2. The molecule has 0 radical (unpaired) electrons. The van der Waals surface area contributed by atoms with Crippen LogP contribution in [0.4, 0.5) is 10.1 Å². The van der Waals surface area contributed by atoms with Crippen molar-refractivity contribution in [3.8, 4) is 0 Å². The SMILES string of the molecule is C/C(N)=C1\c2ccc(C3=CCNCC3)cc2C(Nc2ccccc2F)CCN1N. The summed E-state index contributed by atoms with van der Waals surface area (Å²) in [6, 6.07) is 13.1. The van der Waals surface area contributed by atoms with Crippen molar-refractivity contribution < 1.29 is 4.39 Å². The minimum absolute atomic E-state index is 0.0768. The highest BCUT2D eigenvalue weighted by Crippen LogP contribution is 2.37. The van der Waals surface area contributed by atoms with Crippen LogP contribution in [0.15, 0.2) is 54.2 Å². The number of rotatable bonds is 3. The Morgan fingerprint density at radius 3 is 2.79 bits per heavy atom. The van der Waals surface area contributed by atoms with E-state index in [1.165, 1.54) is 17.2 Å². The topological polar surface area (TPSA) is 79.3 Å². The summed E-state index contributed by atoms with van der Waals surface area (Å²) in [4.78, 5) is 0. The summed E-state index contributed by atoms with van der Waals surface area (Å²) in [5.74, 6) is 6.08. The Bertz CT molecular complexity index is 961. The summed E-state index contributed by atoms with van der Waals surface area (Å²) in [6.07, 6.45) is 3.96. The number of fused-ring (bicyclic) bond motifs is 1. The largest absolute Gasteiger partial charge is 0.401 e. The average Bonchev–Trinajstić information content (AvgIpc) is 2.86. The first-order valence-electron chi connectivity index (χ1n) is 10.1. The average molecular weight is 394 g/mol. The molecule has 0 fully saturated rings. The van der Waals surface area contributed by atoms with Crippen molar-refractivity contribution in [1.29, 1.82) is 0 Å². The number of para-hydroxylation sites is 1. The van der Waals surface area contributed by atoms with Crippen molar-refractivity contribution in [3.05, 3.63) is 76.7 Å². The quantitative estimate of drug-likeness (QED) is 0.600. The van der Waals surface area contributed by atoms with Crippen LogP contribution in [-0.4, -0.2) is 24.6 Å². The van der Waals surface area contributed by atoms with Crippen LogP contribution < -0.4 is 22.2 Å². The fraction of sp³-hybridized carbons (Fsp3) is 0.304. The van der Waals surface area contributed by atoms with E-state index >= 15 is 0 Å². The van der Waals surface area contributed by atoms with Crippen LogP contribution in [0.5, 0.6) is 0 Å². The molecule has 1 unspecified atom stereocenters. The second kappa shape index (κ2) is 8.27. The number of hydrazine groups is 1. The van der Waals surface area contributed by atoms with Gasteiger partial charge in [0.25, 0.3) is 0 Å². The molecule has 2 aromatic carbocycles. The Kier molecular flexibility index (Phi) is 5.56. The maximum absolute atomic E-state index is 14.3. The smallest absolute Gasteiger partial charge is 0.146 e. The molecule has 0 bridgehead atoms. The van der Waals surface area contributed by atoms with Crippen LogP contribution in [0.25, 0.3) is 11.3 Å². The third-order valence-corrected chi connectivity index (χ3v) is 5.64. The lowest BCUT2D eigenvalue weighted by atomic mass is 9.91. The highest BCUT2D eigenvalue weighted by molar-refractivity contribution is 5.75. The third kappa shape index (κ3) is 3.99. The van der Waals surface area contributed by atoms with Crippen LogP contribution in [-0.2, 0) is 0 Å². The van der Waals surface area contributed by atoms with E-state index in [9.17, 15) is 4.39 Å². The number of anilines is 1.